The Bertz CT molecular complexity index is 3430. The largest absolute Gasteiger partial charge is 0.507 e. The van der Waals surface area contributed by atoms with E-state index in [1.54, 1.807) is 0 Å². The molecule has 27 nitrogen and oxygen atoms in total. The van der Waals surface area contributed by atoms with E-state index in [4.69, 9.17) is 9.47 Å². The third kappa shape index (κ3) is 9.90. The smallest absolute Gasteiger partial charge is 0.355 e. The van der Waals surface area contributed by atoms with Crippen LogP contribution in [0.25, 0.3) is 10.8 Å². The van der Waals surface area contributed by atoms with Gasteiger partial charge < -0.3 is 24.8 Å². The number of carboxylic acids is 1. The molecule has 0 spiro atoms. The Morgan fingerprint density at radius 3 is 1.72 bits per heavy atom. The van der Waals surface area contributed by atoms with Gasteiger partial charge >= 0.3 is 5.97 Å². The molecule has 0 aromatic heterocycles. The van der Waals surface area contributed by atoms with Gasteiger partial charge in [0.2, 0.25) is 6.04 Å². The molecule has 0 radical (unpaired) electrons. The predicted molar refractivity (Wildman–Crippen MR) is 218 cm³/mol. The van der Waals surface area contributed by atoms with E-state index in [9.17, 15) is 76.8 Å². The Labute approximate surface area is 364 Å². The highest BCUT2D eigenvalue weighted by Gasteiger charge is 2.41. The number of hydrogen-bond donors (Lipinski definition) is 7. The maximum absolute atomic E-state index is 13.2. The van der Waals surface area contributed by atoms with Crippen molar-refractivity contribution in [1.29, 1.82) is 0 Å². The van der Waals surface area contributed by atoms with E-state index in [1.165, 1.54) is 0 Å². The molecule has 0 aliphatic carbocycles. The number of benzene rings is 5. The number of phenols is 2. The average molecular weight is 979 g/mol. The van der Waals surface area contributed by atoms with Crippen LogP contribution in [-0.2, 0) is 50.1 Å². The number of fused-ring (bicyclic) bond motifs is 1. The quantitative estimate of drug-likeness (QED) is 0.0567. The number of carboxylic acid groups (broad SMARTS) is 1. The lowest BCUT2D eigenvalue weighted by atomic mass is 10.1. The number of amides is 1. The van der Waals surface area contributed by atoms with Gasteiger partial charge in [0, 0.05) is 18.2 Å². The third-order valence-electron chi connectivity index (χ3n) is 8.70. The summed E-state index contributed by atoms with van der Waals surface area (Å²) in [5.41, 5.74) is -3.22. The third-order valence-corrected chi connectivity index (χ3v) is 12.1. The summed E-state index contributed by atoms with van der Waals surface area (Å²) < 4.78 is 145. The summed E-state index contributed by atoms with van der Waals surface area (Å²) in [4.78, 5) is 21.7. The number of azo groups is 3. The van der Waals surface area contributed by atoms with Crippen molar-refractivity contribution < 1.29 is 86.3 Å². The molecule has 1 heterocycles. The molecule has 5 aromatic carbocycles. The Morgan fingerprint density at radius 2 is 1.20 bits per heavy atom. The highest BCUT2D eigenvalue weighted by atomic mass is 32.2. The molecular weight excluding hydrogens is 953 g/mol. The lowest BCUT2D eigenvalue weighted by Crippen LogP contribution is -2.33. The number of anilines is 1. The Morgan fingerprint density at radius 1 is 0.646 bits per heavy atom. The number of nitrogens with zero attached hydrogens (tertiary/aromatic N) is 8. The number of aromatic hydroxyl groups is 2. The summed E-state index contributed by atoms with van der Waals surface area (Å²) in [6.45, 7) is 0. The van der Waals surface area contributed by atoms with Crippen molar-refractivity contribution in [3.05, 3.63) is 72.8 Å². The van der Waals surface area contributed by atoms with Crippen LogP contribution in [0.3, 0.4) is 0 Å². The van der Waals surface area contributed by atoms with Crippen molar-refractivity contribution in [3.8, 4) is 23.0 Å². The first-order valence-corrected chi connectivity index (χ1v) is 22.8. The molecule has 1 unspecified atom stereocenters. The molecule has 0 bridgehead atoms. The second-order valence-electron chi connectivity index (χ2n) is 12.8. The maximum Gasteiger partial charge on any atom is 0.355 e. The van der Waals surface area contributed by atoms with E-state index in [2.05, 4.69) is 35.8 Å². The molecule has 1 atom stereocenters. The van der Waals surface area contributed by atoms with Gasteiger partial charge in [-0.1, -0.05) is 0 Å². The van der Waals surface area contributed by atoms with Crippen LogP contribution in [0.2, 0.25) is 0 Å². The molecule has 65 heavy (non-hydrogen) atoms. The van der Waals surface area contributed by atoms with Gasteiger partial charge in [-0.15, -0.1) is 20.5 Å². The van der Waals surface area contributed by atoms with Crippen molar-refractivity contribution in [2.24, 2.45) is 35.8 Å². The van der Waals surface area contributed by atoms with Gasteiger partial charge in [0.1, 0.15) is 49.8 Å². The van der Waals surface area contributed by atoms with Crippen molar-refractivity contribution in [3.63, 3.8) is 0 Å². The first kappa shape index (κ1) is 47.1. The zero-order valence-corrected chi connectivity index (χ0v) is 35.5. The van der Waals surface area contributed by atoms with Crippen LogP contribution in [0.5, 0.6) is 23.0 Å². The molecule has 1 aliphatic heterocycles. The summed E-state index contributed by atoms with van der Waals surface area (Å²) in [5.74, 6) is -5.20. The van der Waals surface area contributed by atoms with Gasteiger partial charge in [-0.25, -0.2) is 4.79 Å². The predicted octanol–water partition coefficient (Wildman–Crippen LogP) is 5.03. The summed E-state index contributed by atoms with van der Waals surface area (Å²) >= 11 is 0. The molecule has 7 N–H and O–H groups in total. The fourth-order valence-corrected chi connectivity index (χ4v) is 8.06. The molecule has 0 fully saturated rings. The van der Waals surface area contributed by atoms with Crippen LogP contribution in [0.1, 0.15) is 0 Å². The van der Waals surface area contributed by atoms with Crippen molar-refractivity contribution >= 4 is 103 Å². The highest BCUT2D eigenvalue weighted by Crippen LogP contribution is 2.47. The first-order chi connectivity index (χ1) is 30.2. The Balaban J connectivity index is 1.32. The number of carbonyl (C=O) groups is 2. The highest BCUT2D eigenvalue weighted by molar-refractivity contribution is 7.86. The minimum atomic E-state index is -5.25. The van der Waals surface area contributed by atoms with E-state index in [1.807, 2.05) is 0 Å². The van der Waals surface area contributed by atoms with Gasteiger partial charge in [0.25, 0.3) is 46.4 Å². The number of phenolic OH excluding ortho intramolecular Hbond substituents is 2. The molecular formula is C34H26N8O19S4. The maximum atomic E-state index is 13.2. The van der Waals surface area contributed by atoms with E-state index >= 15 is 0 Å². The number of hydrogen-bond acceptors (Lipinski definition) is 21. The minimum absolute atomic E-state index is 0.115. The van der Waals surface area contributed by atoms with Gasteiger partial charge in [0.05, 0.1) is 40.8 Å². The van der Waals surface area contributed by atoms with E-state index < -0.39 is 117 Å². The monoisotopic (exact) mass is 978 g/mol. The van der Waals surface area contributed by atoms with Gasteiger partial charge in [-0.3, -0.25) is 23.0 Å². The van der Waals surface area contributed by atoms with Gasteiger partial charge in [0.15, 0.2) is 11.5 Å². The van der Waals surface area contributed by atoms with E-state index in [-0.39, 0.29) is 34.2 Å². The lowest BCUT2D eigenvalue weighted by Gasteiger charge is -2.12. The number of carbonyl (C=O) groups excluding carboxylic acids is 1. The molecule has 0 saturated carbocycles. The second-order valence-corrected chi connectivity index (χ2v) is 18.4. The van der Waals surface area contributed by atoms with E-state index in [0.29, 0.717) is 23.2 Å². The molecule has 1 aliphatic rings. The molecule has 31 heteroatoms. The molecule has 5 aromatic rings. The van der Waals surface area contributed by atoms with Crippen LogP contribution >= 0.6 is 0 Å². The van der Waals surface area contributed by atoms with Crippen LogP contribution in [0.4, 0.5) is 34.1 Å². The summed E-state index contributed by atoms with van der Waals surface area (Å²) in [6, 6.07) is 8.98. The zero-order valence-electron chi connectivity index (χ0n) is 32.2. The summed E-state index contributed by atoms with van der Waals surface area (Å²) in [5, 5.41) is 57.2. The summed E-state index contributed by atoms with van der Waals surface area (Å²) in [7, 11) is -17.6. The van der Waals surface area contributed by atoms with Crippen LogP contribution in [0.15, 0.2) is 128 Å². The first-order valence-electron chi connectivity index (χ1n) is 17.1. The van der Waals surface area contributed by atoms with Crippen molar-refractivity contribution in [1.82, 2.24) is 0 Å². The van der Waals surface area contributed by atoms with Gasteiger partial charge in [-0.2, -0.15) is 54.0 Å². The Hall–Kier alpha value is -7.39. The van der Waals surface area contributed by atoms with Crippen LogP contribution < -0.4 is 14.5 Å². The molecule has 6 rings (SSSR count). The standard InChI is InChI=1S/C34H26N8O19S4/c1-60-24-14-22(38-39-29-27(65(57,58)59)10-15-9-19(63(51,52)53)12-23(43)28(15)32(29)44)25(61-2)13-21(24)37-36-20-8-3-16(11-26(20)64(54,55)56)35-40-30-31(34(46)47)41-42(33(30)45)17-4-6-18(7-5-17)62(48,49)50/h3-14,30,43-44H,1-2H3,(H,46,47)(H,48,49,50)(H,51,52,53)(H,54,55,56)(H,57,58,59). The number of methoxy groups -OCH3 is 2. The average Bonchev–Trinajstić information content (AvgIpc) is 3.55. The topological polar surface area (TPSA) is 421 Å². The second kappa shape index (κ2) is 17.3. The molecule has 0 saturated heterocycles. The van der Waals surface area contributed by atoms with Crippen LogP contribution in [-0.4, -0.2) is 105 Å². The zero-order chi connectivity index (χ0) is 48.0. The van der Waals surface area contributed by atoms with Crippen molar-refractivity contribution in [2.45, 2.75) is 25.6 Å². The fourth-order valence-electron chi connectivity index (χ4n) is 5.75. The minimum Gasteiger partial charge on any atom is -0.507 e. The SMILES string of the molecule is COc1cc(N=Nc2c(S(=O)(=O)O)cc3cc(S(=O)(=O)O)cc(O)c3c2O)c(OC)cc1N=Nc1ccc(N=NC2C(=O)N(c3ccc(S(=O)(=O)O)cc3)N=C2C(=O)O)cc1S(=O)(=O)O. The summed E-state index contributed by atoms with van der Waals surface area (Å²) in [6.07, 6.45) is 0. The van der Waals surface area contributed by atoms with Gasteiger partial charge in [-0.05, 0) is 60.0 Å². The fraction of sp³-hybridized carbons (Fsp3) is 0.0882. The number of rotatable bonds is 14. The van der Waals surface area contributed by atoms with Crippen LogP contribution in [0, 0.1) is 0 Å². The number of aliphatic carboxylic acids is 1. The van der Waals surface area contributed by atoms with E-state index in [0.717, 1.165) is 68.8 Å². The van der Waals surface area contributed by atoms with Crippen molar-refractivity contribution in [2.75, 3.05) is 19.2 Å². The number of hydrazone groups is 1. The molecule has 340 valence electrons. The molecule has 1 amide bonds. The Kier molecular flexibility index (Phi) is 12.5. The lowest BCUT2D eigenvalue weighted by molar-refractivity contribution is -0.130. The number of ether oxygens (including phenoxy) is 2. The normalized spacial score (nSPS) is 15.1.